The lowest BCUT2D eigenvalue weighted by Crippen LogP contribution is -2.34. The molecule has 94 valence electrons. The molecular weight excluding hydrogens is 228 g/mol. The fraction of sp³-hybridized carbons (Fsp3) is 0.636. The molecule has 1 N–H and O–H groups in total. The van der Waals surface area contributed by atoms with Gasteiger partial charge in [-0.2, -0.15) is 0 Å². The van der Waals surface area contributed by atoms with Crippen molar-refractivity contribution in [1.29, 1.82) is 0 Å². The number of carbonyl (C=O) groups is 2. The van der Waals surface area contributed by atoms with Crippen molar-refractivity contribution in [3.05, 3.63) is 0 Å². The second-order valence-electron chi connectivity index (χ2n) is 3.66. The monoisotopic (exact) mass is 242 g/mol. The number of carbonyl (C=O) groups excluding carboxylic acids is 1. The minimum atomic E-state index is -1.03. The van der Waals surface area contributed by atoms with Gasteiger partial charge in [0, 0.05) is 20.0 Å². The highest BCUT2D eigenvalue weighted by molar-refractivity contribution is 5.68. The van der Waals surface area contributed by atoms with Crippen LogP contribution in [0, 0.1) is 18.3 Å². The van der Waals surface area contributed by atoms with Crippen molar-refractivity contribution in [1.82, 2.24) is 0 Å². The van der Waals surface area contributed by atoms with E-state index in [1.54, 1.807) is 0 Å². The van der Waals surface area contributed by atoms with Crippen LogP contribution in [0.15, 0.2) is 0 Å². The van der Waals surface area contributed by atoms with Gasteiger partial charge in [-0.25, -0.2) is 0 Å². The Morgan fingerprint density at radius 3 is 2.59 bits per heavy atom. The minimum Gasteiger partial charge on any atom is -0.481 e. The zero-order valence-electron chi connectivity index (χ0n) is 9.58. The van der Waals surface area contributed by atoms with E-state index >= 15 is 0 Å². The molecule has 0 saturated carbocycles. The van der Waals surface area contributed by atoms with E-state index in [0.29, 0.717) is 0 Å². The average Bonchev–Trinajstić information content (AvgIpc) is 2.55. The van der Waals surface area contributed by atoms with Crippen molar-refractivity contribution < 1.29 is 28.9 Å². The molecule has 17 heavy (non-hydrogen) atoms. The van der Waals surface area contributed by atoms with Crippen molar-refractivity contribution in [2.24, 2.45) is 5.92 Å². The highest BCUT2D eigenvalue weighted by Gasteiger charge is 2.47. The Balaban J connectivity index is 2.87. The summed E-state index contributed by atoms with van der Waals surface area (Å²) in [5.41, 5.74) is 0. The lowest BCUT2D eigenvalue weighted by atomic mass is 9.95. The van der Waals surface area contributed by atoms with E-state index < -0.39 is 36.4 Å². The summed E-state index contributed by atoms with van der Waals surface area (Å²) in [6.07, 6.45) is 2.64. The van der Waals surface area contributed by atoms with Crippen LogP contribution in [0.3, 0.4) is 0 Å². The lowest BCUT2D eigenvalue weighted by molar-refractivity contribution is -0.175. The number of carboxylic acids is 1. The van der Waals surface area contributed by atoms with Crippen LogP contribution in [0.5, 0.6) is 0 Å². The maximum atomic E-state index is 11.0. The number of ether oxygens (including phenoxy) is 3. The first-order valence-electron chi connectivity index (χ1n) is 5.03. The number of rotatable bonds is 4. The number of aliphatic carboxylic acids is 1. The van der Waals surface area contributed by atoms with Crippen molar-refractivity contribution in [3.8, 4) is 12.3 Å². The predicted molar refractivity (Wildman–Crippen MR) is 55.8 cm³/mol. The highest BCUT2D eigenvalue weighted by Crippen LogP contribution is 2.32. The molecule has 0 aromatic heterocycles. The Morgan fingerprint density at radius 1 is 1.53 bits per heavy atom. The van der Waals surface area contributed by atoms with Crippen LogP contribution in [0.25, 0.3) is 0 Å². The average molecular weight is 242 g/mol. The van der Waals surface area contributed by atoms with Gasteiger partial charge in [-0.15, -0.1) is 6.42 Å². The van der Waals surface area contributed by atoms with E-state index in [1.165, 1.54) is 14.0 Å². The second-order valence-corrected chi connectivity index (χ2v) is 3.66. The molecule has 6 heteroatoms. The van der Waals surface area contributed by atoms with Crippen LogP contribution in [0.4, 0.5) is 0 Å². The van der Waals surface area contributed by atoms with E-state index in [-0.39, 0.29) is 6.42 Å². The van der Waals surface area contributed by atoms with Gasteiger partial charge in [0.1, 0.15) is 6.10 Å². The molecule has 0 spiro atoms. The maximum absolute atomic E-state index is 11.0. The third-order valence-corrected chi connectivity index (χ3v) is 2.47. The fourth-order valence-corrected chi connectivity index (χ4v) is 1.81. The van der Waals surface area contributed by atoms with Gasteiger partial charge in [-0.05, 0) is 0 Å². The number of methoxy groups -OCH3 is 1. The molecule has 0 aromatic carbocycles. The second kappa shape index (κ2) is 5.66. The first-order valence-corrected chi connectivity index (χ1v) is 5.03. The minimum absolute atomic E-state index is 0.243. The Hall–Kier alpha value is -1.58. The topological polar surface area (TPSA) is 82.1 Å². The molecule has 4 atom stereocenters. The quantitative estimate of drug-likeness (QED) is 0.552. The summed E-state index contributed by atoms with van der Waals surface area (Å²) in [6.45, 7) is 1.23. The summed E-state index contributed by atoms with van der Waals surface area (Å²) in [4.78, 5) is 21.7. The van der Waals surface area contributed by atoms with Gasteiger partial charge in [0.05, 0.1) is 6.42 Å². The summed E-state index contributed by atoms with van der Waals surface area (Å²) < 4.78 is 15.3. The number of terminal acetylenes is 1. The van der Waals surface area contributed by atoms with E-state index in [4.69, 9.17) is 25.7 Å². The molecule has 6 nitrogen and oxygen atoms in total. The molecule has 0 aromatic rings. The third kappa shape index (κ3) is 3.19. The molecule has 1 aliphatic rings. The predicted octanol–water partition coefficient (Wildman–Crippen LogP) is 0.0135. The molecular formula is C11H14O6. The van der Waals surface area contributed by atoms with Crippen molar-refractivity contribution >= 4 is 11.9 Å². The number of hydrogen-bond acceptors (Lipinski definition) is 5. The van der Waals surface area contributed by atoms with E-state index in [0.717, 1.165) is 0 Å². The van der Waals surface area contributed by atoms with Crippen LogP contribution in [0.2, 0.25) is 0 Å². The Morgan fingerprint density at radius 2 is 2.18 bits per heavy atom. The first kappa shape index (κ1) is 13.5. The zero-order chi connectivity index (χ0) is 13.0. The van der Waals surface area contributed by atoms with Gasteiger partial charge in [0.2, 0.25) is 0 Å². The SMILES string of the molecule is C#C[C@@H]1O[C@@H](OC)[C@H](OC(C)=O)[C@@H]1CC(=O)O. The summed E-state index contributed by atoms with van der Waals surface area (Å²) in [5, 5.41) is 8.79. The molecule has 1 fully saturated rings. The van der Waals surface area contributed by atoms with Gasteiger partial charge in [0.15, 0.2) is 12.4 Å². The van der Waals surface area contributed by atoms with Gasteiger partial charge >= 0.3 is 11.9 Å². The molecule has 1 aliphatic heterocycles. The maximum Gasteiger partial charge on any atom is 0.303 e. The Kier molecular flexibility index (Phi) is 4.49. The third-order valence-electron chi connectivity index (χ3n) is 2.47. The summed E-state index contributed by atoms with van der Waals surface area (Å²) in [7, 11) is 1.37. The van der Waals surface area contributed by atoms with E-state index in [9.17, 15) is 9.59 Å². The van der Waals surface area contributed by atoms with Gasteiger partial charge < -0.3 is 19.3 Å². The molecule has 1 rings (SSSR count). The first-order chi connectivity index (χ1) is 7.99. The van der Waals surface area contributed by atoms with Gasteiger partial charge in [-0.3, -0.25) is 9.59 Å². The van der Waals surface area contributed by atoms with Crippen LogP contribution in [-0.4, -0.2) is 42.7 Å². The molecule has 0 aliphatic carbocycles. The summed E-state index contributed by atoms with van der Waals surface area (Å²) >= 11 is 0. The van der Waals surface area contributed by atoms with Gasteiger partial charge in [-0.1, -0.05) is 5.92 Å². The number of esters is 1. The number of hydrogen-bond donors (Lipinski definition) is 1. The van der Waals surface area contributed by atoms with E-state index in [2.05, 4.69) is 5.92 Å². The van der Waals surface area contributed by atoms with Crippen LogP contribution >= 0.6 is 0 Å². The van der Waals surface area contributed by atoms with Crippen LogP contribution in [0.1, 0.15) is 13.3 Å². The molecule has 0 radical (unpaired) electrons. The molecule has 1 heterocycles. The van der Waals surface area contributed by atoms with Crippen molar-refractivity contribution in [3.63, 3.8) is 0 Å². The van der Waals surface area contributed by atoms with Crippen molar-refractivity contribution in [2.45, 2.75) is 31.8 Å². The van der Waals surface area contributed by atoms with Crippen molar-refractivity contribution in [2.75, 3.05) is 7.11 Å². The van der Waals surface area contributed by atoms with Gasteiger partial charge in [0.25, 0.3) is 0 Å². The largest absolute Gasteiger partial charge is 0.481 e. The highest BCUT2D eigenvalue weighted by atomic mass is 16.7. The molecule has 0 unspecified atom stereocenters. The normalized spacial score (nSPS) is 31.8. The lowest BCUT2D eigenvalue weighted by Gasteiger charge is -2.20. The standard InChI is InChI=1S/C11H14O6/c1-4-8-7(5-9(13)14)10(16-6(2)12)11(15-3)17-8/h1,7-8,10-11H,5H2,2-3H3,(H,13,14)/t7-,8+,10-,11-/m1/s1. The molecule has 1 saturated heterocycles. The van der Waals surface area contributed by atoms with Crippen LogP contribution in [-0.2, 0) is 23.8 Å². The summed E-state index contributed by atoms with van der Waals surface area (Å²) in [6, 6.07) is 0. The van der Waals surface area contributed by atoms with E-state index in [1.807, 2.05) is 0 Å². The number of carboxylic acid groups (broad SMARTS) is 1. The Bertz CT molecular complexity index is 344. The Labute approximate surface area is 98.8 Å². The zero-order valence-corrected chi connectivity index (χ0v) is 9.58. The fourth-order valence-electron chi connectivity index (χ4n) is 1.81. The molecule has 0 amide bonds. The molecule has 0 bridgehead atoms. The summed E-state index contributed by atoms with van der Waals surface area (Å²) in [5.74, 6) is 0.157. The van der Waals surface area contributed by atoms with Crippen LogP contribution < -0.4 is 0 Å². The smallest absolute Gasteiger partial charge is 0.303 e.